The lowest BCUT2D eigenvalue weighted by Gasteiger charge is -2.19. The third kappa shape index (κ3) is 2.42. The van der Waals surface area contributed by atoms with E-state index in [1.165, 1.54) is 11.3 Å². The topological polar surface area (TPSA) is 37.4 Å². The zero-order chi connectivity index (χ0) is 11.8. The second kappa shape index (κ2) is 4.64. The van der Waals surface area contributed by atoms with Crippen molar-refractivity contribution in [1.82, 2.24) is 4.31 Å². The molecule has 0 aliphatic heterocycles. The summed E-state index contributed by atoms with van der Waals surface area (Å²) in [6.07, 6.45) is 1.92. The van der Waals surface area contributed by atoms with Crippen LogP contribution in [0.5, 0.6) is 0 Å². The van der Waals surface area contributed by atoms with Crippen LogP contribution < -0.4 is 0 Å². The monoisotopic (exact) mass is 279 g/mol. The van der Waals surface area contributed by atoms with Gasteiger partial charge in [0.2, 0.25) is 0 Å². The van der Waals surface area contributed by atoms with Crippen molar-refractivity contribution in [2.45, 2.75) is 30.0 Å². The maximum Gasteiger partial charge on any atom is 0.252 e. The quantitative estimate of drug-likeness (QED) is 0.777. The molecule has 1 heterocycles. The van der Waals surface area contributed by atoms with Crippen LogP contribution in [0.15, 0.2) is 16.3 Å². The molecule has 1 aliphatic carbocycles. The van der Waals surface area contributed by atoms with Gasteiger partial charge in [0.05, 0.1) is 0 Å². The lowest BCUT2D eigenvalue weighted by Crippen LogP contribution is -2.34. The number of rotatable bonds is 5. The minimum Gasteiger partial charge on any atom is -0.206 e. The van der Waals surface area contributed by atoms with E-state index in [2.05, 4.69) is 0 Å². The average Bonchev–Trinajstić information content (AvgIpc) is 2.96. The summed E-state index contributed by atoms with van der Waals surface area (Å²) in [7, 11) is -3.31. The van der Waals surface area contributed by atoms with Crippen LogP contribution in [-0.4, -0.2) is 31.2 Å². The van der Waals surface area contributed by atoms with Crippen molar-refractivity contribution in [2.24, 2.45) is 0 Å². The minimum absolute atomic E-state index is 0.172. The fraction of sp³-hybridized carbons (Fsp3) is 0.600. The van der Waals surface area contributed by atoms with E-state index in [-0.39, 0.29) is 6.04 Å². The van der Waals surface area contributed by atoms with E-state index in [1.54, 1.807) is 10.4 Å². The van der Waals surface area contributed by atoms with Crippen molar-refractivity contribution >= 4 is 33.0 Å². The second-order valence-corrected chi connectivity index (χ2v) is 7.68. The molecule has 0 amide bonds. The minimum atomic E-state index is -3.31. The van der Waals surface area contributed by atoms with E-state index in [1.807, 2.05) is 13.0 Å². The van der Waals surface area contributed by atoms with Crippen molar-refractivity contribution in [2.75, 3.05) is 12.4 Å². The molecule has 2 rings (SSSR count). The zero-order valence-corrected chi connectivity index (χ0v) is 11.4. The van der Waals surface area contributed by atoms with Gasteiger partial charge in [-0.25, -0.2) is 8.42 Å². The van der Waals surface area contributed by atoms with E-state index in [9.17, 15) is 8.42 Å². The third-order valence-electron chi connectivity index (χ3n) is 2.54. The van der Waals surface area contributed by atoms with Gasteiger partial charge in [0.1, 0.15) is 4.21 Å². The molecule has 90 valence electrons. The van der Waals surface area contributed by atoms with Gasteiger partial charge in [-0.2, -0.15) is 4.31 Å². The molecule has 1 aromatic heterocycles. The van der Waals surface area contributed by atoms with Crippen LogP contribution >= 0.6 is 22.9 Å². The third-order valence-corrected chi connectivity index (χ3v) is 6.13. The molecule has 0 unspecified atom stereocenters. The molecule has 0 N–H and O–H groups in total. The summed E-state index contributed by atoms with van der Waals surface area (Å²) in [4.78, 5) is 1.01. The Kier molecular flexibility index (Phi) is 3.59. The van der Waals surface area contributed by atoms with Crippen molar-refractivity contribution < 1.29 is 8.42 Å². The highest BCUT2D eigenvalue weighted by atomic mass is 35.5. The average molecular weight is 280 g/mol. The Morgan fingerprint density at radius 1 is 1.50 bits per heavy atom. The summed E-state index contributed by atoms with van der Waals surface area (Å²) in [6, 6.07) is 3.69. The van der Waals surface area contributed by atoms with Gasteiger partial charge >= 0.3 is 0 Å². The molecule has 0 saturated heterocycles. The standard InChI is InChI=1S/C10H14ClNO2S2/c1-8-2-5-10(15-8)16(13,14)12(7-6-11)9-3-4-9/h2,5,9H,3-4,6-7H2,1H3. The molecule has 0 spiro atoms. The van der Waals surface area contributed by atoms with E-state index < -0.39 is 10.0 Å². The summed E-state index contributed by atoms with van der Waals surface area (Å²) in [5, 5.41) is 0. The van der Waals surface area contributed by atoms with Gasteiger partial charge in [0.15, 0.2) is 0 Å². The Bertz CT molecular complexity index is 465. The number of sulfonamides is 1. The summed E-state index contributed by atoms with van der Waals surface area (Å²) in [6.45, 7) is 2.32. The van der Waals surface area contributed by atoms with Crippen LogP contribution in [0.1, 0.15) is 17.7 Å². The van der Waals surface area contributed by atoms with Gasteiger partial charge in [-0.05, 0) is 31.9 Å². The Balaban J connectivity index is 2.28. The summed E-state index contributed by atoms with van der Waals surface area (Å²) < 4.78 is 26.6. The molecule has 0 bridgehead atoms. The normalized spacial score (nSPS) is 16.9. The van der Waals surface area contributed by atoms with Crippen molar-refractivity contribution in [1.29, 1.82) is 0 Å². The summed E-state index contributed by atoms with van der Waals surface area (Å²) in [5.74, 6) is 0.347. The van der Waals surface area contributed by atoms with Gasteiger partial charge in [-0.15, -0.1) is 22.9 Å². The van der Waals surface area contributed by atoms with Crippen LogP contribution in [0.25, 0.3) is 0 Å². The fourth-order valence-corrected chi connectivity index (χ4v) is 4.99. The van der Waals surface area contributed by atoms with E-state index in [0.717, 1.165) is 17.7 Å². The largest absolute Gasteiger partial charge is 0.252 e. The molecule has 1 saturated carbocycles. The van der Waals surface area contributed by atoms with Gasteiger partial charge in [-0.3, -0.25) is 0 Å². The molecule has 0 atom stereocenters. The van der Waals surface area contributed by atoms with Crippen molar-refractivity contribution in [3.63, 3.8) is 0 Å². The molecule has 16 heavy (non-hydrogen) atoms. The number of alkyl halides is 1. The predicted octanol–water partition coefficient (Wildman–Crippen LogP) is 2.45. The molecular weight excluding hydrogens is 266 g/mol. The maximum atomic E-state index is 12.3. The molecule has 1 aliphatic rings. The molecule has 1 fully saturated rings. The zero-order valence-electron chi connectivity index (χ0n) is 9.02. The summed E-state index contributed by atoms with van der Waals surface area (Å²) in [5.41, 5.74) is 0. The molecule has 6 heteroatoms. The highest BCUT2D eigenvalue weighted by Gasteiger charge is 2.38. The number of hydrogen-bond donors (Lipinski definition) is 0. The fourth-order valence-electron chi connectivity index (χ4n) is 1.61. The highest BCUT2D eigenvalue weighted by Crippen LogP contribution is 2.33. The predicted molar refractivity (Wildman–Crippen MR) is 66.7 cm³/mol. The Morgan fingerprint density at radius 2 is 2.19 bits per heavy atom. The van der Waals surface area contributed by atoms with Crippen LogP contribution in [0, 0.1) is 6.92 Å². The lowest BCUT2D eigenvalue weighted by molar-refractivity contribution is 0.424. The van der Waals surface area contributed by atoms with Gasteiger partial charge in [-0.1, -0.05) is 0 Å². The maximum absolute atomic E-state index is 12.3. The SMILES string of the molecule is Cc1ccc(S(=O)(=O)N(CCCl)C2CC2)s1. The Labute approximate surface area is 105 Å². The van der Waals surface area contributed by atoms with Crippen LogP contribution in [0.2, 0.25) is 0 Å². The number of nitrogens with zero attached hydrogens (tertiary/aromatic N) is 1. The molecule has 3 nitrogen and oxygen atoms in total. The first-order chi connectivity index (χ1) is 7.55. The van der Waals surface area contributed by atoms with Crippen LogP contribution in [0.4, 0.5) is 0 Å². The van der Waals surface area contributed by atoms with Crippen molar-refractivity contribution in [3.05, 3.63) is 17.0 Å². The number of hydrogen-bond acceptors (Lipinski definition) is 3. The number of thiophene rings is 1. The number of aryl methyl sites for hydroxylation is 1. The van der Waals surface area contributed by atoms with E-state index >= 15 is 0 Å². The molecule has 0 radical (unpaired) electrons. The smallest absolute Gasteiger partial charge is 0.206 e. The lowest BCUT2D eigenvalue weighted by atomic mass is 10.5. The number of halogens is 1. The Hall–Kier alpha value is -0.100. The van der Waals surface area contributed by atoms with E-state index in [0.29, 0.717) is 16.6 Å². The second-order valence-electron chi connectivity index (χ2n) is 3.90. The molecule has 0 aromatic carbocycles. The first kappa shape index (κ1) is 12.4. The van der Waals surface area contributed by atoms with Crippen LogP contribution in [0.3, 0.4) is 0 Å². The van der Waals surface area contributed by atoms with Gasteiger partial charge < -0.3 is 0 Å². The highest BCUT2D eigenvalue weighted by molar-refractivity contribution is 7.91. The Morgan fingerprint density at radius 3 is 2.62 bits per heavy atom. The van der Waals surface area contributed by atoms with E-state index in [4.69, 9.17) is 11.6 Å². The first-order valence-electron chi connectivity index (χ1n) is 5.20. The molecule has 1 aromatic rings. The first-order valence-corrected chi connectivity index (χ1v) is 7.99. The van der Waals surface area contributed by atoms with Crippen LogP contribution in [-0.2, 0) is 10.0 Å². The van der Waals surface area contributed by atoms with Gasteiger partial charge in [0, 0.05) is 23.3 Å². The molecular formula is C10H14ClNO2S2. The summed E-state index contributed by atoms with van der Waals surface area (Å²) >= 11 is 6.99. The van der Waals surface area contributed by atoms with Gasteiger partial charge in [0.25, 0.3) is 10.0 Å². The van der Waals surface area contributed by atoms with Crippen molar-refractivity contribution in [3.8, 4) is 0 Å².